The van der Waals surface area contributed by atoms with Crippen LogP contribution >= 0.6 is 15.9 Å². The van der Waals surface area contributed by atoms with Crippen LogP contribution in [-0.4, -0.2) is 19.7 Å². The minimum Gasteiger partial charge on any atom is -0.492 e. The van der Waals surface area contributed by atoms with Crippen molar-refractivity contribution in [2.45, 2.75) is 6.42 Å². The molecule has 1 aromatic rings. The fourth-order valence-electron chi connectivity index (χ4n) is 1.17. The van der Waals surface area contributed by atoms with Crippen molar-refractivity contribution in [3.05, 3.63) is 40.6 Å². The van der Waals surface area contributed by atoms with E-state index in [9.17, 15) is 9.18 Å². The van der Waals surface area contributed by atoms with Gasteiger partial charge in [0.2, 0.25) is 0 Å². The lowest BCUT2D eigenvalue weighted by Crippen LogP contribution is -2.07. The van der Waals surface area contributed by atoms with Crippen LogP contribution in [0.25, 0.3) is 0 Å². The molecule has 0 aliphatic carbocycles. The molecule has 0 aromatic heterocycles. The fraction of sp³-hybridized carbons (Fsp3) is 0.250. The predicted molar refractivity (Wildman–Crippen MR) is 65.7 cm³/mol. The van der Waals surface area contributed by atoms with E-state index in [4.69, 9.17) is 4.74 Å². The Kier molecular flexibility index (Phi) is 5.15. The molecule has 0 heterocycles. The Balaban J connectivity index is 3.02. The zero-order valence-electron chi connectivity index (χ0n) is 9.33. The van der Waals surface area contributed by atoms with Crippen molar-refractivity contribution in [2.75, 3.05) is 13.7 Å². The van der Waals surface area contributed by atoms with Gasteiger partial charge in [0.15, 0.2) is 0 Å². The minimum absolute atomic E-state index is 0.166. The summed E-state index contributed by atoms with van der Waals surface area (Å²) >= 11 is 3.01. The molecule has 0 radical (unpaired) electrons. The lowest BCUT2D eigenvalue weighted by atomic mass is 10.2. The lowest BCUT2D eigenvalue weighted by molar-refractivity contribution is 0.0596. The molecule has 17 heavy (non-hydrogen) atoms. The molecule has 0 aliphatic heterocycles. The molecule has 0 atom stereocenters. The van der Waals surface area contributed by atoms with E-state index in [2.05, 4.69) is 27.2 Å². The van der Waals surface area contributed by atoms with Gasteiger partial charge >= 0.3 is 5.97 Å². The normalized spacial score (nSPS) is 9.82. The maximum absolute atomic E-state index is 13.3. The SMILES string of the molecule is C=CCCOc1cc(F)c(Br)cc1C(=O)OC. The molecule has 0 aliphatic rings. The van der Waals surface area contributed by atoms with Gasteiger partial charge in [0, 0.05) is 6.07 Å². The molecular formula is C12H12BrFO3. The topological polar surface area (TPSA) is 35.5 Å². The van der Waals surface area contributed by atoms with E-state index in [1.807, 2.05) is 0 Å². The van der Waals surface area contributed by atoms with Gasteiger partial charge in [-0.3, -0.25) is 0 Å². The Bertz CT molecular complexity index is 432. The van der Waals surface area contributed by atoms with Crippen molar-refractivity contribution < 1.29 is 18.7 Å². The summed E-state index contributed by atoms with van der Waals surface area (Å²) < 4.78 is 23.4. The molecular weight excluding hydrogens is 291 g/mol. The van der Waals surface area contributed by atoms with Gasteiger partial charge < -0.3 is 9.47 Å². The number of methoxy groups -OCH3 is 1. The summed E-state index contributed by atoms with van der Waals surface area (Å²) in [6.07, 6.45) is 2.28. The number of esters is 1. The number of carbonyl (C=O) groups is 1. The number of carbonyl (C=O) groups excluding carboxylic acids is 1. The highest BCUT2D eigenvalue weighted by atomic mass is 79.9. The van der Waals surface area contributed by atoms with Crippen LogP contribution < -0.4 is 4.74 Å². The average molecular weight is 303 g/mol. The molecule has 1 aromatic carbocycles. The molecule has 0 saturated heterocycles. The quantitative estimate of drug-likeness (QED) is 0.475. The van der Waals surface area contributed by atoms with E-state index >= 15 is 0 Å². The molecule has 0 unspecified atom stereocenters. The first-order chi connectivity index (χ1) is 8.10. The Hall–Kier alpha value is -1.36. The van der Waals surface area contributed by atoms with E-state index < -0.39 is 11.8 Å². The Morgan fingerprint density at radius 2 is 2.29 bits per heavy atom. The zero-order chi connectivity index (χ0) is 12.8. The maximum Gasteiger partial charge on any atom is 0.341 e. The number of halogens is 2. The molecule has 0 amide bonds. The summed E-state index contributed by atoms with van der Waals surface area (Å²) in [6.45, 7) is 3.87. The van der Waals surface area contributed by atoms with E-state index in [-0.39, 0.29) is 15.8 Å². The Morgan fingerprint density at radius 1 is 1.59 bits per heavy atom. The predicted octanol–water partition coefficient (Wildman–Crippen LogP) is 3.33. The van der Waals surface area contributed by atoms with Crippen molar-refractivity contribution in [1.29, 1.82) is 0 Å². The van der Waals surface area contributed by atoms with E-state index in [0.717, 1.165) is 6.07 Å². The van der Waals surface area contributed by atoms with Crippen LogP contribution in [0.2, 0.25) is 0 Å². The largest absolute Gasteiger partial charge is 0.492 e. The highest BCUT2D eigenvalue weighted by Gasteiger charge is 2.16. The summed E-state index contributed by atoms with van der Waals surface area (Å²) in [5.41, 5.74) is 0.185. The Morgan fingerprint density at radius 3 is 2.88 bits per heavy atom. The number of hydrogen-bond donors (Lipinski definition) is 0. The molecule has 0 spiro atoms. The number of hydrogen-bond acceptors (Lipinski definition) is 3. The van der Waals surface area contributed by atoms with Crippen LogP contribution in [0, 0.1) is 5.82 Å². The molecule has 0 N–H and O–H groups in total. The Labute approximate surface area is 107 Å². The first-order valence-corrected chi connectivity index (χ1v) is 5.70. The van der Waals surface area contributed by atoms with Crippen LogP contribution in [0.5, 0.6) is 5.75 Å². The number of benzene rings is 1. The van der Waals surface area contributed by atoms with Gasteiger partial charge in [-0.1, -0.05) is 6.08 Å². The first kappa shape index (κ1) is 13.7. The fourth-order valence-corrected chi connectivity index (χ4v) is 1.51. The van der Waals surface area contributed by atoms with Gasteiger partial charge in [0.1, 0.15) is 17.1 Å². The molecule has 1 rings (SSSR count). The van der Waals surface area contributed by atoms with Gasteiger partial charge in [-0.15, -0.1) is 6.58 Å². The standard InChI is InChI=1S/C12H12BrFO3/c1-3-4-5-17-11-7-10(14)9(13)6-8(11)12(15)16-2/h3,6-7H,1,4-5H2,2H3. The van der Waals surface area contributed by atoms with Crippen molar-refractivity contribution in [1.82, 2.24) is 0 Å². The van der Waals surface area contributed by atoms with Crippen LogP contribution in [0.1, 0.15) is 16.8 Å². The van der Waals surface area contributed by atoms with E-state index in [0.29, 0.717) is 13.0 Å². The summed E-state index contributed by atoms with van der Waals surface area (Å²) in [5, 5.41) is 0. The molecule has 3 nitrogen and oxygen atoms in total. The van der Waals surface area contributed by atoms with Crippen LogP contribution in [0.3, 0.4) is 0 Å². The van der Waals surface area contributed by atoms with Crippen molar-refractivity contribution >= 4 is 21.9 Å². The molecule has 0 fully saturated rings. The van der Waals surface area contributed by atoms with Crippen molar-refractivity contribution in [3.8, 4) is 5.75 Å². The summed E-state index contributed by atoms with van der Waals surface area (Å²) in [7, 11) is 1.26. The smallest absolute Gasteiger partial charge is 0.341 e. The van der Waals surface area contributed by atoms with E-state index in [1.165, 1.54) is 13.2 Å². The zero-order valence-corrected chi connectivity index (χ0v) is 10.9. The average Bonchev–Trinajstić information content (AvgIpc) is 2.32. The van der Waals surface area contributed by atoms with Crippen molar-refractivity contribution in [3.63, 3.8) is 0 Å². The van der Waals surface area contributed by atoms with Crippen LogP contribution in [-0.2, 0) is 4.74 Å². The van der Waals surface area contributed by atoms with Gasteiger partial charge in [0.05, 0.1) is 18.2 Å². The highest BCUT2D eigenvalue weighted by Crippen LogP contribution is 2.27. The highest BCUT2D eigenvalue weighted by molar-refractivity contribution is 9.10. The maximum atomic E-state index is 13.3. The molecule has 5 heteroatoms. The molecule has 92 valence electrons. The third kappa shape index (κ3) is 3.56. The van der Waals surface area contributed by atoms with E-state index in [1.54, 1.807) is 6.08 Å². The summed E-state index contributed by atoms with van der Waals surface area (Å²) in [4.78, 5) is 11.5. The number of rotatable bonds is 5. The van der Waals surface area contributed by atoms with Gasteiger partial charge in [-0.2, -0.15) is 0 Å². The summed E-state index contributed by atoms with van der Waals surface area (Å²) in [6, 6.07) is 2.49. The van der Waals surface area contributed by atoms with Gasteiger partial charge in [0.25, 0.3) is 0 Å². The third-order valence-electron chi connectivity index (χ3n) is 2.01. The second-order valence-corrected chi connectivity index (χ2v) is 4.03. The van der Waals surface area contributed by atoms with Crippen molar-refractivity contribution in [2.24, 2.45) is 0 Å². The minimum atomic E-state index is -0.570. The first-order valence-electron chi connectivity index (χ1n) is 4.91. The van der Waals surface area contributed by atoms with Gasteiger partial charge in [-0.25, -0.2) is 9.18 Å². The number of ether oxygens (including phenoxy) is 2. The summed E-state index contributed by atoms with van der Waals surface area (Å²) in [5.74, 6) is -0.898. The third-order valence-corrected chi connectivity index (χ3v) is 2.62. The molecule has 0 bridgehead atoms. The molecule has 0 saturated carbocycles. The van der Waals surface area contributed by atoms with Crippen LogP contribution in [0.4, 0.5) is 4.39 Å². The second-order valence-electron chi connectivity index (χ2n) is 3.18. The lowest BCUT2D eigenvalue weighted by Gasteiger charge is -2.10. The monoisotopic (exact) mass is 302 g/mol. The second kappa shape index (κ2) is 6.39. The van der Waals surface area contributed by atoms with Gasteiger partial charge in [-0.05, 0) is 28.4 Å². The van der Waals surface area contributed by atoms with Crippen LogP contribution in [0.15, 0.2) is 29.3 Å².